The van der Waals surface area contributed by atoms with Gasteiger partial charge in [0.2, 0.25) is 0 Å². The molecule has 0 heterocycles. The van der Waals surface area contributed by atoms with Crippen LogP contribution < -0.4 is 10.1 Å². The van der Waals surface area contributed by atoms with Crippen LogP contribution >= 0.6 is 27.5 Å². The molecule has 2 aromatic carbocycles. The molecule has 0 spiro atoms. The van der Waals surface area contributed by atoms with Crippen molar-refractivity contribution in [2.24, 2.45) is 0 Å². The average molecular weight is 341 g/mol. The molecule has 0 bridgehead atoms. The monoisotopic (exact) mass is 339 g/mol. The molecular weight excluding hydrogens is 326 g/mol. The van der Waals surface area contributed by atoms with E-state index in [-0.39, 0.29) is 0 Å². The minimum absolute atomic E-state index is 0.700. The van der Waals surface area contributed by atoms with Crippen LogP contribution in [0.3, 0.4) is 0 Å². The van der Waals surface area contributed by atoms with Gasteiger partial charge in [0.1, 0.15) is 5.75 Å². The molecule has 1 N–H and O–H groups in total. The van der Waals surface area contributed by atoms with Crippen molar-refractivity contribution in [2.75, 3.05) is 18.5 Å². The first kappa shape index (κ1) is 14.2. The predicted octanol–water partition coefficient (Wildman–Crippen LogP) is 4.98. The van der Waals surface area contributed by atoms with E-state index in [2.05, 4.69) is 21.2 Å². The number of anilines is 1. The zero-order chi connectivity index (χ0) is 13.5. The molecule has 19 heavy (non-hydrogen) atoms. The first-order valence-corrected chi connectivity index (χ1v) is 7.29. The highest BCUT2D eigenvalue weighted by atomic mass is 79.9. The Labute approximate surface area is 126 Å². The van der Waals surface area contributed by atoms with Gasteiger partial charge in [0.25, 0.3) is 0 Å². The van der Waals surface area contributed by atoms with Gasteiger partial charge >= 0.3 is 0 Å². The highest BCUT2D eigenvalue weighted by Crippen LogP contribution is 2.25. The van der Waals surface area contributed by atoms with Crippen LogP contribution in [0.4, 0.5) is 5.69 Å². The van der Waals surface area contributed by atoms with Crippen molar-refractivity contribution in [3.63, 3.8) is 0 Å². The van der Waals surface area contributed by atoms with E-state index in [1.165, 1.54) is 0 Å². The summed E-state index contributed by atoms with van der Waals surface area (Å²) in [5.74, 6) is 0.914. The Morgan fingerprint density at radius 3 is 2.63 bits per heavy atom. The summed E-state index contributed by atoms with van der Waals surface area (Å²) < 4.78 is 6.52. The highest BCUT2D eigenvalue weighted by molar-refractivity contribution is 9.10. The van der Waals surface area contributed by atoms with Crippen LogP contribution in [0.15, 0.2) is 53.0 Å². The largest absolute Gasteiger partial charge is 0.494 e. The quantitative estimate of drug-likeness (QED) is 0.749. The topological polar surface area (TPSA) is 21.3 Å². The molecule has 0 aliphatic rings. The van der Waals surface area contributed by atoms with Gasteiger partial charge in [-0.1, -0.05) is 29.8 Å². The number of hydrogen-bond donors (Lipinski definition) is 1. The van der Waals surface area contributed by atoms with Crippen LogP contribution in [0, 0.1) is 0 Å². The lowest BCUT2D eigenvalue weighted by Crippen LogP contribution is -2.07. The maximum Gasteiger partial charge on any atom is 0.119 e. The Balaban J connectivity index is 1.68. The first-order chi connectivity index (χ1) is 9.25. The molecule has 100 valence electrons. The Morgan fingerprint density at radius 2 is 1.89 bits per heavy atom. The lowest BCUT2D eigenvalue weighted by molar-refractivity contribution is 0.315. The fourth-order valence-corrected chi connectivity index (χ4v) is 2.11. The van der Waals surface area contributed by atoms with Gasteiger partial charge in [-0.15, -0.1) is 0 Å². The van der Waals surface area contributed by atoms with Crippen LogP contribution in [0.1, 0.15) is 6.42 Å². The predicted molar refractivity (Wildman–Crippen MR) is 84.2 cm³/mol. The standard InChI is InChI=1S/C15H15BrClNO/c16-14-11-12(7-8-15(14)17)18-9-4-10-19-13-5-2-1-3-6-13/h1-3,5-8,11,18H,4,9-10H2. The van der Waals surface area contributed by atoms with Gasteiger partial charge in [0.15, 0.2) is 0 Å². The van der Waals surface area contributed by atoms with Gasteiger partial charge in [-0.05, 0) is 52.7 Å². The number of para-hydroxylation sites is 1. The van der Waals surface area contributed by atoms with Crippen molar-refractivity contribution in [1.82, 2.24) is 0 Å². The summed E-state index contributed by atoms with van der Waals surface area (Å²) >= 11 is 9.34. The minimum atomic E-state index is 0.700. The summed E-state index contributed by atoms with van der Waals surface area (Å²) in [4.78, 5) is 0. The fraction of sp³-hybridized carbons (Fsp3) is 0.200. The van der Waals surface area contributed by atoms with Crippen molar-refractivity contribution in [1.29, 1.82) is 0 Å². The van der Waals surface area contributed by atoms with Crippen molar-refractivity contribution in [2.45, 2.75) is 6.42 Å². The molecule has 2 nitrogen and oxygen atoms in total. The van der Waals surface area contributed by atoms with E-state index >= 15 is 0 Å². The van der Waals surface area contributed by atoms with Crippen LogP contribution in [-0.4, -0.2) is 13.2 Å². The average Bonchev–Trinajstić information content (AvgIpc) is 2.43. The molecule has 0 aromatic heterocycles. The lowest BCUT2D eigenvalue weighted by Gasteiger charge is -2.08. The van der Waals surface area contributed by atoms with Crippen LogP contribution in [-0.2, 0) is 0 Å². The molecule has 2 rings (SSSR count). The smallest absolute Gasteiger partial charge is 0.119 e. The zero-order valence-corrected chi connectivity index (χ0v) is 12.7. The van der Waals surface area contributed by atoms with E-state index in [9.17, 15) is 0 Å². The summed E-state index contributed by atoms with van der Waals surface area (Å²) in [5, 5.41) is 4.05. The number of hydrogen-bond acceptors (Lipinski definition) is 2. The van der Waals surface area contributed by atoms with Crippen molar-refractivity contribution < 1.29 is 4.74 Å². The molecule has 0 amide bonds. The van der Waals surface area contributed by atoms with Gasteiger partial charge in [0, 0.05) is 16.7 Å². The second kappa shape index (κ2) is 7.41. The molecule has 0 radical (unpaired) electrons. The van der Waals surface area contributed by atoms with Crippen molar-refractivity contribution in [3.05, 3.63) is 58.0 Å². The van der Waals surface area contributed by atoms with E-state index in [1.54, 1.807) is 0 Å². The Morgan fingerprint density at radius 1 is 1.11 bits per heavy atom. The SMILES string of the molecule is Clc1ccc(NCCCOc2ccccc2)cc1Br. The third kappa shape index (κ3) is 4.77. The number of ether oxygens (including phenoxy) is 1. The second-order valence-corrected chi connectivity index (χ2v) is 5.33. The van der Waals surface area contributed by atoms with E-state index in [0.29, 0.717) is 6.61 Å². The second-order valence-electron chi connectivity index (χ2n) is 4.07. The summed E-state index contributed by atoms with van der Waals surface area (Å²) in [7, 11) is 0. The fourth-order valence-electron chi connectivity index (χ4n) is 1.62. The summed E-state index contributed by atoms with van der Waals surface area (Å²) in [6.45, 7) is 1.56. The first-order valence-electron chi connectivity index (χ1n) is 6.12. The van der Waals surface area contributed by atoms with E-state index < -0.39 is 0 Å². The number of halogens is 2. The summed E-state index contributed by atoms with van der Waals surface area (Å²) in [6.07, 6.45) is 0.940. The lowest BCUT2D eigenvalue weighted by atomic mass is 10.3. The number of nitrogens with one attached hydrogen (secondary N) is 1. The van der Waals surface area contributed by atoms with Gasteiger partial charge in [-0.3, -0.25) is 0 Å². The third-order valence-corrected chi connectivity index (χ3v) is 3.80. The Bertz CT molecular complexity index is 519. The van der Waals surface area contributed by atoms with Crippen LogP contribution in [0.5, 0.6) is 5.75 Å². The Kier molecular flexibility index (Phi) is 5.55. The van der Waals surface area contributed by atoms with E-state index in [0.717, 1.165) is 33.9 Å². The van der Waals surface area contributed by atoms with E-state index in [4.69, 9.17) is 16.3 Å². The van der Waals surface area contributed by atoms with Crippen LogP contribution in [0.2, 0.25) is 5.02 Å². The Hall–Kier alpha value is -1.19. The van der Waals surface area contributed by atoms with Gasteiger partial charge in [0.05, 0.1) is 11.6 Å². The molecule has 0 fully saturated rings. The molecule has 0 aliphatic carbocycles. The zero-order valence-electron chi connectivity index (χ0n) is 10.4. The molecule has 0 saturated carbocycles. The molecule has 0 aliphatic heterocycles. The van der Waals surface area contributed by atoms with Gasteiger partial charge < -0.3 is 10.1 Å². The molecule has 2 aromatic rings. The van der Waals surface area contributed by atoms with Gasteiger partial charge in [-0.2, -0.15) is 0 Å². The molecule has 0 atom stereocenters. The van der Waals surface area contributed by atoms with E-state index in [1.807, 2.05) is 48.5 Å². The summed E-state index contributed by atoms with van der Waals surface area (Å²) in [5.41, 5.74) is 1.05. The maximum atomic E-state index is 5.94. The van der Waals surface area contributed by atoms with Gasteiger partial charge in [-0.25, -0.2) is 0 Å². The molecule has 0 saturated heterocycles. The highest BCUT2D eigenvalue weighted by Gasteiger charge is 1.98. The van der Waals surface area contributed by atoms with Crippen LogP contribution in [0.25, 0.3) is 0 Å². The maximum absolute atomic E-state index is 5.94. The third-order valence-electron chi connectivity index (χ3n) is 2.58. The molecule has 4 heteroatoms. The number of rotatable bonds is 6. The molecule has 0 unspecified atom stereocenters. The van der Waals surface area contributed by atoms with Crippen molar-refractivity contribution in [3.8, 4) is 5.75 Å². The molecular formula is C15H15BrClNO. The summed E-state index contributed by atoms with van der Waals surface area (Å²) in [6, 6.07) is 15.7. The number of benzene rings is 2. The van der Waals surface area contributed by atoms with Crippen molar-refractivity contribution >= 4 is 33.2 Å². The minimum Gasteiger partial charge on any atom is -0.494 e. The normalized spacial score (nSPS) is 10.2.